The summed E-state index contributed by atoms with van der Waals surface area (Å²) >= 11 is 0. The van der Waals surface area contributed by atoms with Crippen molar-refractivity contribution in [3.63, 3.8) is 0 Å². The number of nitrogens with one attached hydrogen (secondary N) is 1. The van der Waals surface area contributed by atoms with E-state index in [1.165, 1.54) is 12.3 Å². The average Bonchev–Trinajstić information content (AvgIpc) is 2.85. The van der Waals surface area contributed by atoms with Crippen LogP contribution in [0.3, 0.4) is 0 Å². The number of nitrogens with zero attached hydrogens (tertiary/aromatic N) is 2. The van der Waals surface area contributed by atoms with Crippen LogP contribution < -0.4 is 0 Å². The van der Waals surface area contributed by atoms with E-state index in [1.54, 1.807) is 0 Å². The van der Waals surface area contributed by atoms with Gasteiger partial charge in [-0.05, 0) is 0 Å². The van der Waals surface area contributed by atoms with Gasteiger partial charge in [0.15, 0.2) is 17.8 Å². The number of aromatic amines is 1. The standard InChI is InChI=1S/C8H4F3N3O2/c9-8(10,11)6-5(3-15)12-7(13-6)4-1-2-16-14-4/h1-3H,(H,12,13). The number of carbonyl (C=O) groups is 1. The van der Waals surface area contributed by atoms with Gasteiger partial charge in [-0.1, -0.05) is 5.16 Å². The second-order valence-corrected chi connectivity index (χ2v) is 2.85. The highest BCUT2D eigenvalue weighted by Gasteiger charge is 2.37. The monoisotopic (exact) mass is 231 g/mol. The van der Waals surface area contributed by atoms with Crippen LogP contribution in [-0.4, -0.2) is 21.4 Å². The minimum atomic E-state index is -4.66. The normalized spacial score (nSPS) is 11.7. The van der Waals surface area contributed by atoms with E-state index in [4.69, 9.17) is 0 Å². The molecule has 84 valence electrons. The highest BCUT2D eigenvalue weighted by Crippen LogP contribution is 2.31. The topological polar surface area (TPSA) is 71.8 Å². The summed E-state index contributed by atoms with van der Waals surface area (Å²) < 4.78 is 41.7. The Bertz CT molecular complexity index is 501. The first-order valence-corrected chi connectivity index (χ1v) is 4.05. The molecule has 0 fully saturated rings. The fourth-order valence-electron chi connectivity index (χ4n) is 1.14. The lowest BCUT2D eigenvalue weighted by molar-refractivity contribution is -0.141. The third-order valence-electron chi connectivity index (χ3n) is 1.81. The van der Waals surface area contributed by atoms with Crippen molar-refractivity contribution >= 4 is 6.29 Å². The number of carbonyl (C=O) groups excluding carboxylic acids is 1. The zero-order valence-electron chi connectivity index (χ0n) is 7.58. The van der Waals surface area contributed by atoms with Gasteiger partial charge in [0.25, 0.3) is 0 Å². The molecule has 2 heterocycles. The van der Waals surface area contributed by atoms with E-state index < -0.39 is 17.6 Å². The fraction of sp³-hybridized carbons (Fsp3) is 0.125. The predicted octanol–water partition coefficient (Wildman–Crippen LogP) is 1.90. The SMILES string of the molecule is O=Cc1nc(-c2ccon2)[nH]c1C(F)(F)F. The Hall–Kier alpha value is -2.12. The van der Waals surface area contributed by atoms with Gasteiger partial charge in [-0.3, -0.25) is 4.79 Å². The number of H-pyrrole nitrogens is 1. The first-order chi connectivity index (χ1) is 7.52. The van der Waals surface area contributed by atoms with Crippen molar-refractivity contribution in [1.29, 1.82) is 0 Å². The largest absolute Gasteiger partial charge is 0.433 e. The highest BCUT2D eigenvalue weighted by atomic mass is 19.4. The van der Waals surface area contributed by atoms with Crippen molar-refractivity contribution in [2.75, 3.05) is 0 Å². The quantitative estimate of drug-likeness (QED) is 0.801. The van der Waals surface area contributed by atoms with E-state index in [-0.39, 0.29) is 17.8 Å². The second-order valence-electron chi connectivity index (χ2n) is 2.85. The Labute approximate surface area is 86.3 Å². The van der Waals surface area contributed by atoms with Crippen molar-refractivity contribution in [2.24, 2.45) is 0 Å². The molecule has 0 saturated heterocycles. The van der Waals surface area contributed by atoms with Gasteiger partial charge in [0.05, 0.1) is 0 Å². The molecule has 2 rings (SSSR count). The first-order valence-electron chi connectivity index (χ1n) is 4.05. The third kappa shape index (κ3) is 1.69. The van der Waals surface area contributed by atoms with Gasteiger partial charge < -0.3 is 9.51 Å². The average molecular weight is 231 g/mol. The maximum atomic E-state index is 12.4. The van der Waals surface area contributed by atoms with Crippen LogP contribution in [0, 0.1) is 0 Å². The number of hydrogen-bond donors (Lipinski definition) is 1. The molecule has 1 N–H and O–H groups in total. The van der Waals surface area contributed by atoms with E-state index in [0.717, 1.165) is 0 Å². The molecule has 0 aliphatic heterocycles. The van der Waals surface area contributed by atoms with Gasteiger partial charge in [0, 0.05) is 6.07 Å². The summed E-state index contributed by atoms with van der Waals surface area (Å²) in [7, 11) is 0. The molecule has 5 nitrogen and oxygen atoms in total. The number of aromatic nitrogens is 3. The highest BCUT2D eigenvalue weighted by molar-refractivity contribution is 5.75. The first kappa shape index (κ1) is 10.4. The van der Waals surface area contributed by atoms with E-state index in [0.29, 0.717) is 0 Å². The maximum Gasteiger partial charge on any atom is 0.433 e. The van der Waals surface area contributed by atoms with Gasteiger partial charge in [0.1, 0.15) is 17.7 Å². The molecular formula is C8H4F3N3O2. The number of rotatable bonds is 2. The molecule has 16 heavy (non-hydrogen) atoms. The molecule has 0 aromatic carbocycles. The molecule has 0 bridgehead atoms. The zero-order valence-corrected chi connectivity index (χ0v) is 7.58. The van der Waals surface area contributed by atoms with Crippen molar-refractivity contribution in [2.45, 2.75) is 6.18 Å². The van der Waals surface area contributed by atoms with Crippen LogP contribution in [0.4, 0.5) is 13.2 Å². The molecule has 0 radical (unpaired) electrons. The van der Waals surface area contributed by atoms with Crippen LogP contribution in [0.2, 0.25) is 0 Å². The maximum absolute atomic E-state index is 12.4. The summed E-state index contributed by atoms with van der Waals surface area (Å²) in [6.07, 6.45) is -3.44. The Morgan fingerprint density at radius 1 is 1.44 bits per heavy atom. The minimum absolute atomic E-state index is 0.0307. The van der Waals surface area contributed by atoms with Crippen molar-refractivity contribution in [3.05, 3.63) is 23.7 Å². The van der Waals surface area contributed by atoms with Crippen molar-refractivity contribution in [3.8, 4) is 11.5 Å². The molecule has 0 atom stereocenters. The number of hydrogen-bond acceptors (Lipinski definition) is 4. The smallest absolute Gasteiger partial charge is 0.364 e. The Balaban J connectivity index is 2.52. The van der Waals surface area contributed by atoms with Gasteiger partial charge in [-0.2, -0.15) is 13.2 Å². The molecule has 0 amide bonds. The predicted molar refractivity (Wildman–Crippen MR) is 44.5 cm³/mol. The van der Waals surface area contributed by atoms with Crippen LogP contribution >= 0.6 is 0 Å². The lowest BCUT2D eigenvalue weighted by atomic mass is 10.3. The fourth-order valence-corrected chi connectivity index (χ4v) is 1.14. The summed E-state index contributed by atoms with van der Waals surface area (Å²) in [4.78, 5) is 15.9. The number of imidazole rings is 1. The lowest BCUT2D eigenvalue weighted by Crippen LogP contribution is -2.08. The summed E-state index contributed by atoms with van der Waals surface area (Å²) in [5, 5.41) is 3.41. The summed E-state index contributed by atoms with van der Waals surface area (Å²) in [6, 6.07) is 1.33. The van der Waals surface area contributed by atoms with Gasteiger partial charge in [0.2, 0.25) is 0 Å². The minimum Gasteiger partial charge on any atom is -0.364 e. The van der Waals surface area contributed by atoms with Crippen LogP contribution in [0.25, 0.3) is 11.5 Å². The van der Waals surface area contributed by atoms with Gasteiger partial charge in [-0.15, -0.1) is 0 Å². The van der Waals surface area contributed by atoms with E-state index in [2.05, 4.69) is 14.7 Å². The van der Waals surface area contributed by atoms with Crippen LogP contribution in [0.15, 0.2) is 16.9 Å². The molecule has 0 unspecified atom stereocenters. The second kappa shape index (κ2) is 3.47. The van der Waals surface area contributed by atoms with Crippen LogP contribution in [0.5, 0.6) is 0 Å². The Morgan fingerprint density at radius 2 is 2.19 bits per heavy atom. The lowest BCUT2D eigenvalue weighted by Gasteiger charge is -2.02. The number of aldehydes is 1. The number of alkyl halides is 3. The molecule has 0 aliphatic carbocycles. The Kier molecular flexibility index (Phi) is 2.26. The Morgan fingerprint density at radius 3 is 2.62 bits per heavy atom. The van der Waals surface area contributed by atoms with Crippen LogP contribution in [-0.2, 0) is 6.18 Å². The molecule has 0 saturated carbocycles. The molecule has 8 heteroatoms. The summed E-state index contributed by atoms with van der Waals surface area (Å²) in [5.41, 5.74) is -1.80. The molecule has 2 aromatic rings. The third-order valence-corrected chi connectivity index (χ3v) is 1.81. The summed E-state index contributed by atoms with van der Waals surface area (Å²) in [5.74, 6) is -0.164. The molecule has 2 aromatic heterocycles. The van der Waals surface area contributed by atoms with E-state index in [1.807, 2.05) is 4.98 Å². The number of halogens is 3. The molecule has 0 spiro atoms. The van der Waals surface area contributed by atoms with Crippen LogP contribution in [0.1, 0.15) is 16.2 Å². The van der Waals surface area contributed by atoms with E-state index >= 15 is 0 Å². The molecular weight excluding hydrogens is 227 g/mol. The van der Waals surface area contributed by atoms with Gasteiger partial charge >= 0.3 is 6.18 Å². The molecule has 0 aliphatic rings. The van der Waals surface area contributed by atoms with E-state index in [9.17, 15) is 18.0 Å². The zero-order chi connectivity index (χ0) is 11.8. The summed E-state index contributed by atoms with van der Waals surface area (Å²) in [6.45, 7) is 0. The van der Waals surface area contributed by atoms with Crippen molar-refractivity contribution < 1.29 is 22.5 Å². The van der Waals surface area contributed by atoms with Crippen molar-refractivity contribution in [1.82, 2.24) is 15.1 Å². The van der Waals surface area contributed by atoms with Gasteiger partial charge in [-0.25, -0.2) is 4.98 Å².